The van der Waals surface area contributed by atoms with Gasteiger partial charge in [-0.1, -0.05) is 11.8 Å². The predicted molar refractivity (Wildman–Crippen MR) is 89.3 cm³/mol. The van der Waals surface area contributed by atoms with Crippen LogP contribution in [0.15, 0.2) is 41.0 Å². The van der Waals surface area contributed by atoms with Crippen molar-refractivity contribution < 1.29 is 14.3 Å². The molecular weight excluding hydrogens is 334 g/mol. The maximum Gasteiger partial charge on any atom is 0.234 e. The molecule has 1 aliphatic heterocycles. The molecule has 2 aromatic heterocycles. The van der Waals surface area contributed by atoms with Crippen molar-refractivity contribution >= 4 is 44.9 Å². The molecular formula is C15H11N3O3S2. The molecule has 6 nitrogen and oxygen atoms in total. The van der Waals surface area contributed by atoms with Crippen LogP contribution in [-0.2, 0) is 4.79 Å². The summed E-state index contributed by atoms with van der Waals surface area (Å²) >= 11 is 2.95. The maximum absolute atomic E-state index is 12.1. The van der Waals surface area contributed by atoms with Crippen molar-refractivity contribution in [1.82, 2.24) is 9.97 Å². The van der Waals surface area contributed by atoms with E-state index in [-0.39, 0.29) is 18.5 Å². The Morgan fingerprint density at radius 3 is 3.13 bits per heavy atom. The maximum atomic E-state index is 12.1. The van der Waals surface area contributed by atoms with Crippen molar-refractivity contribution in [3.63, 3.8) is 0 Å². The SMILES string of the molecule is O=C(CSc1ncnc2sccc12)Nc1ccc2c(c1)OCO2. The zero-order valence-corrected chi connectivity index (χ0v) is 13.4. The lowest BCUT2D eigenvalue weighted by Gasteiger charge is -2.06. The number of anilines is 1. The van der Waals surface area contributed by atoms with Gasteiger partial charge in [0, 0.05) is 17.1 Å². The van der Waals surface area contributed by atoms with E-state index in [1.165, 1.54) is 18.1 Å². The van der Waals surface area contributed by atoms with Gasteiger partial charge in [-0.15, -0.1) is 11.3 Å². The highest BCUT2D eigenvalue weighted by molar-refractivity contribution is 8.00. The third-order valence-electron chi connectivity index (χ3n) is 3.22. The molecule has 1 N–H and O–H groups in total. The van der Waals surface area contributed by atoms with E-state index in [0.29, 0.717) is 17.2 Å². The van der Waals surface area contributed by atoms with Crippen LogP contribution in [0.1, 0.15) is 0 Å². The standard InChI is InChI=1S/C15H11N3O3S2/c19-13(18-9-1-2-11-12(5-9)21-8-20-11)6-23-15-10-3-4-22-14(10)16-7-17-15/h1-5,7H,6,8H2,(H,18,19). The number of ether oxygens (including phenoxy) is 2. The predicted octanol–water partition coefficient (Wildman–Crippen LogP) is 3.15. The summed E-state index contributed by atoms with van der Waals surface area (Å²) in [6.07, 6.45) is 1.52. The Labute approximate surface area is 139 Å². The van der Waals surface area contributed by atoms with Crippen molar-refractivity contribution in [2.45, 2.75) is 5.03 Å². The number of nitrogens with one attached hydrogen (secondary N) is 1. The zero-order valence-electron chi connectivity index (χ0n) is 11.8. The van der Waals surface area contributed by atoms with Crippen molar-refractivity contribution in [3.05, 3.63) is 36.0 Å². The van der Waals surface area contributed by atoms with Gasteiger partial charge >= 0.3 is 0 Å². The number of hydrogen-bond donors (Lipinski definition) is 1. The second-order valence-corrected chi connectivity index (χ2v) is 6.58. The first-order chi connectivity index (χ1) is 11.3. The second kappa shape index (κ2) is 6.05. The fourth-order valence-electron chi connectivity index (χ4n) is 2.19. The largest absolute Gasteiger partial charge is 0.454 e. The Morgan fingerprint density at radius 2 is 2.17 bits per heavy atom. The molecule has 8 heteroatoms. The van der Waals surface area contributed by atoms with Gasteiger partial charge in [0.25, 0.3) is 0 Å². The number of thioether (sulfide) groups is 1. The molecule has 0 saturated carbocycles. The molecule has 1 aromatic carbocycles. The highest BCUT2D eigenvalue weighted by Crippen LogP contribution is 2.34. The number of thiophene rings is 1. The molecule has 0 atom stereocenters. The van der Waals surface area contributed by atoms with Crippen LogP contribution in [0.3, 0.4) is 0 Å². The summed E-state index contributed by atoms with van der Waals surface area (Å²) in [7, 11) is 0. The number of rotatable bonds is 4. The number of carbonyl (C=O) groups excluding carboxylic acids is 1. The molecule has 0 bridgehead atoms. The van der Waals surface area contributed by atoms with Crippen LogP contribution in [0.5, 0.6) is 11.5 Å². The minimum Gasteiger partial charge on any atom is -0.454 e. The molecule has 1 amide bonds. The summed E-state index contributed by atoms with van der Waals surface area (Å²) in [5, 5.41) is 6.62. The summed E-state index contributed by atoms with van der Waals surface area (Å²) in [4.78, 5) is 21.5. The normalized spacial score (nSPS) is 12.5. The fraction of sp³-hybridized carbons (Fsp3) is 0.133. The van der Waals surface area contributed by atoms with Crippen LogP contribution in [0, 0.1) is 0 Å². The number of amides is 1. The molecule has 23 heavy (non-hydrogen) atoms. The average Bonchev–Trinajstić information content (AvgIpc) is 3.21. The van der Waals surface area contributed by atoms with Gasteiger partial charge in [0.15, 0.2) is 11.5 Å². The van der Waals surface area contributed by atoms with E-state index < -0.39 is 0 Å². The van der Waals surface area contributed by atoms with Crippen LogP contribution in [0.25, 0.3) is 10.2 Å². The molecule has 116 valence electrons. The topological polar surface area (TPSA) is 73.3 Å². The molecule has 3 aromatic rings. The summed E-state index contributed by atoms with van der Waals surface area (Å²) < 4.78 is 10.5. The minimum atomic E-state index is -0.101. The molecule has 3 heterocycles. The van der Waals surface area contributed by atoms with Crippen LogP contribution in [-0.4, -0.2) is 28.4 Å². The van der Waals surface area contributed by atoms with Gasteiger partial charge in [-0.3, -0.25) is 4.79 Å². The van der Waals surface area contributed by atoms with Gasteiger partial charge in [0.2, 0.25) is 12.7 Å². The highest BCUT2D eigenvalue weighted by Gasteiger charge is 2.14. The minimum absolute atomic E-state index is 0.101. The van der Waals surface area contributed by atoms with E-state index in [1.54, 1.807) is 29.5 Å². The third-order valence-corrected chi connectivity index (χ3v) is 5.05. The van der Waals surface area contributed by atoms with Crippen molar-refractivity contribution in [1.29, 1.82) is 0 Å². The number of carbonyl (C=O) groups is 1. The molecule has 0 fully saturated rings. The second-order valence-electron chi connectivity index (χ2n) is 4.72. The Balaban J connectivity index is 1.41. The molecule has 0 unspecified atom stereocenters. The number of nitrogens with zero attached hydrogens (tertiary/aromatic N) is 2. The van der Waals surface area contributed by atoms with Gasteiger partial charge in [0.05, 0.1) is 5.75 Å². The average molecular weight is 345 g/mol. The van der Waals surface area contributed by atoms with Gasteiger partial charge in [-0.2, -0.15) is 0 Å². The Morgan fingerprint density at radius 1 is 1.26 bits per heavy atom. The molecule has 1 aliphatic rings. The molecule has 0 radical (unpaired) electrons. The highest BCUT2D eigenvalue weighted by atomic mass is 32.2. The first kappa shape index (κ1) is 14.3. The van der Waals surface area contributed by atoms with E-state index in [4.69, 9.17) is 9.47 Å². The quantitative estimate of drug-likeness (QED) is 0.578. The molecule has 0 spiro atoms. The van der Waals surface area contributed by atoms with Gasteiger partial charge in [-0.25, -0.2) is 9.97 Å². The van der Waals surface area contributed by atoms with Crippen molar-refractivity contribution in [3.8, 4) is 11.5 Å². The number of fused-ring (bicyclic) bond motifs is 2. The van der Waals surface area contributed by atoms with E-state index in [1.807, 2.05) is 11.4 Å². The van der Waals surface area contributed by atoms with E-state index >= 15 is 0 Å². The Kier molecular flexibility index (Phi) is 3.76. The van der Waals surface area contributed by atoms with Crippen LogP contribution < -0.4 is 14.8 Å². The monoisotopic (exact) mass is 345 g/mol. The first-order valence-corrected chi connectivity index (χ1v) is 8.66. The lowest BCUT2D eigenvalue weighted by molar-refractivity contribution is -0.113. The number of aromatic nitrogens is 2. The number of benzene rings is 1. The Hall–Kier alpha value is -2.32. The molecule has 0 saturated heterocycles. The summed E-state index contributed by atoms with van der Waals surface area (Å²) in [5.41, 5.74) is 0.684. The third kappa shape index (κ3) is 2.95. The zero-order chi connectivity index (χ0) is 15.6. The first-order valence-electron chi connectivity index (χ1n) is 6.80. The smallest absolute Gasteiger partial charge is 0.234 e. The lowest BCUT2D eigenvalue weighted by atomic mass is 10.3. The summed E-state index contributed by atoms with van der Waals surface area (Å²) in [6.45, 7) is 0.215. The van der Waals surface area contributed by atoms with Crippen molar-refractivity contribution in [2.75, 3.05) is 17.9 Å². The van der Waals surface area contributed by atoms with Gasteiger partial charge < -0.3 is 14.8 Å². The van der Waals surface area contributed by atoms with Gasteiger partial charge in [-0.05, 0) is 23.6 Å². The van der Waals surface area contributed by atoms with Crippen LogP contribution in [0.4, 0.5) is 5.69 Å². The van der Waals surface area contributed by atoms with Crippen LogP contribution in [0.2, 0.25) is 0 Å². The fourth-order valence-corrected chi connectivity index (χ4v) is 3.77. The molecule has 0 aliphatic carbocycles. The molecule has 4 rings (SSSR count). The van der Waals surface area contributed by atoms with Crippen molar-refractivity contribution in [2.24, 2.45) is 0 Å². The summed E-state index contributed by atoms with van der Waals surface area (Å²) in [6, 6.07) is 7.30. The summed E-state index contributed by atoms with van der Waals surface area (Å²) in [5.74, 6) is 1.51. The van der Waals surface area contributed by atoms with Crippen LogP contribution >= 0.6 is 23.1 Å². The van der Waals surface area contributed by atoms with E-state index in [0.717, 1.165) is 15.2 Å². The lowest BCUT2D eigenvalue weighted by Crippen LogP contribution is -2.14. The Bertz CT molecular complexity index is 881. The number of hydrogen-bond acceptors (Lipinski definition) is 7. The van der Waals surface area contributed by atoms with E-state index in [2.05, 4.69) is 15.3 Å². The van der Waals surface area contributed by atoms with E-state index in [9.17, 15) is 4.79 Å². The van der Waals surface area contributed by atoms with Gasteiger partial charge in [0.1, 0.15) is 16.2 Å².